The standard InChI is InChI=1S/C18H26N6O/c1-3-24(18-16(17(20)25)21-9-10-22-18)12-13(2)23-15-6-4-5-14(11-15)7-8-19/h4-6,9-11,13,23H,3,7-8,12,19H2,1-2H3,(H2,20,25). The van der Waals surface area contributed by atoms with Gasteiger partial charge >= 0.3 is 0 Å². The lowest BCUT2D eigenvalue weighted by Crippen LogP contribution is -2.37. The van der Waals surface area contributed by atoms with Crippen molar-refractivity contribution < 1.29 is 4.79 Å². The Bertz CT molecular complexity index is 705. The van der Waals surface area contributed by atoms with Crippen LogP contribution in [-0.2, 0) is 6.42 Å². The summed E-state index contributed by atoms with van der Waals surface area (Å²) in [6.07, 6.45) is 3.90. The third-order valence-corrected chi connectivity index (χ3v) is 3.86. The summed E-state index contributed by atoms with van der Waals surface area (Å²) in [6.45, 7) is 6.08. The van der Waals surface area contributed by atoms with Gasteiger partial charge in [-0.15, -0.1) is 0 Å². The molecular formula is C18H26N6O. The van der Waals surface area contributed by atoms with Crippen LogP contribution in [0.1, 0.15) is 29.9 Å². The molecule has 1 heterocycles. The summed E-state index contributed by atoms with van der Waals surface area (Å²) in [5.74, 6) is -0.0559. The minimum atomic E-state index is -0.573. The van der Waals surface area contributed by atoms with E-state index in [9.17, 15) is 4.79 Å². The number of nitrogens with zero attached hydrogens (tertiary/aromatic N) is 3. The van der Waals surface area contributed by atoms with E-state index in [4.69, 9.17) is 11.5 Å². The molecule has 5 N–H and O–H groups in total. The molecule has 0 spiro atoms. The molecule has 1 atom stereocenters. The van der Waals surface area contributed by atoms with Gasteiger partial charge in [-0.25, -0.2) is 9.97 Å². The van der Waals surface area contributed by atoms with Crippen LogP contribution in [0.4, 0.5) is 11.5 Å². The monoisotopic (exact) mass is 342 g/mol. The molecule has 0 saturated heterocycles. The van der Waals surface area contributed by atoms with E-state index in [1.54, 1.807) is 6.20 Å². The van der Waals surface area contributed by atoms with Crippen molar-refractivity contribution in [2.24, 2.45) is 11.5 Å². The predicted octanol–water partition coefficient (Wildman–Crippen LogP) is 1.40. The number of aromatic nitrogens is 2. The van der Waals surface area contributed by atoms with Crippen molar-refractivity contribution >= 4 is 17.4 Å². The topological polar surface area (TPSA) is 110 Å². The van der Waals surface area contributed by atoms with E-state index in [0.717, 1.165) is 12.1 Å². The lowest BCUT2D eigenvalue weighted by molar-refractivity contribution is 0.0995. The molecule has 0 aliphatic rings. The number of nitrogens with two attached hydrogens (primary N) is 2. The minimum absolute atomic E-state index is 0.135. The Morgan fingerprint density at radius 3 is 2.76 bits per heavy atom. The highest BCUT2D eigenvalue weighted by Gasteiger charge is 2.18. The van der Waals surface area contributed by atoms with Crippen LogP contribution in [0.5, 0.6) is 0 Å². The number of rotatable bonds is 9. The number of anilines is 2. The summed E-state index contributed by atoms with van der Waals surface area (Å²) in [4.78, 5) is 21.9. The number of hydrogen-bond acceptors (Lipinski definition) is 6. The number of hydrogen-bond donors (Lipinski definition) is 3. The second-order valence-corrected chi connectivity index (χ2v) is 5.92. The number of likely N-dealkylation sites (N-methyl/N-ethyl adjacent to an activating group) is 1. The lowest BCUT2D eigenvalue weighted by atomic mass is 10.1. The van der Waals surface area contributed by atoms with Crippen LogP contribution < -0.4 is 21.7 Å². The molecule has 2 aromatic rings. The highest BCUT2D eigenvalue weighted by molar-refractivity contribution is 5.95. The van der Waals surface area contributed by atoms with Crippen molar-refractivity contribution in [2.75, 3.05) is 29.9 Å². The SMILES string of the molecule is CCN(CC(C)Nc1cccc(CCN)c1)c1nccnc1C(N)=O. The van der Waals surface area contributed by atoms with Crippen LogP contribution in [0.3, 0.4) is 0 Å². The van der Waals surface area contributed by atoms with E-state index in [-0.39, 0.29) is 11.7 Å². The highest BCUT2D eigenvalue weighted by atomic mass is 16.1. The van der Waals surface area contributed by atoms with Crippen LogP contribution in [0.15, 0.2) is 36.7 Å². The zero-order chi connectivity index (χ0) is 18.2. The first-order valence-corrected chi connectivity index (χ1v) is 8.46. The summed E-state index contributed by atoms with van der Waals surface area (Å²) in [5, 5.41) is 3.48. The van der Waals surface area contributed by atoms with Gasteiger partial charge in [-0.2, -0.15) is 0 Å². The van der Waals surface area contributed by atoms with Crippen LogP contribution in [-0.4, -0.2) is 41.6 Å². The molecule has 0 aliphatic carbocycles. The van der Waals surface area contributed by atoms with Crippen molar-refractivity contribution in [3.8, 4) is 0 Å². The maximum absolute atomic E-state index is 11.6. The van der Waals surface area contributed by atoms with Crippen LogP contribution in [0.25, 0.3) is 0 Å². The largest absolute Gasteiger partial charge is 0.381 e. The minimum Gasteiger partial charge on any atom is -0.381 e. The molecule has 7 heteroatoms. The summed E-state index contributed by atoms with van der Waals surface area (Å²) >= 11 is 0. The molecule has 1 aromatic carbocycles. The van der Waals surface area contributed by atoms with Crippen molar-refractivity contribution in [2.45, 2.75) is 26.3 Å². The molecule has 0 fully saturated rings. The molecule has 1 aromatic heterocycles. The Balaban J connectivity index is 2.09. The van der Waals surface area contributed by atoms with Crippen molar-refractivity contribution in [3.63, 3.8) is 0 Å². The average molecular weight is 342 g/mol. The molecule has 1 amide bonds. The predicted molar refractivity (Wildman–Crippen MR) is 101 cm³/mol. The number of primary amides is 1. The number of carbonyl (C=O) groups is 1. The summed E-state index contributed by atoms with van der Waals surface area (Å²) in [6, 6.07) is 8.36. The average Bonchev–Trinajstić information content (AvgIpc) is 2.60. The smallest absolute Gasteiger partial charge is 0.271 e. The zero-order valence-corrected chi connectivity index (χ0v) is 14.8. The van der Waals surface area contributed by atoms with Gasteiger partial charge in [0.1, 0.15) is 0 Å². The number of amides is 1. The quantitative estimate of drug-likeness (QED) is 0.635. The molecule has 7 nitrogen and oxygen atoms in total. The van der Waals surface area contributed by atoms with Gasteiger partial charge in [0.05, 0.1) is 0 Å². The fraction of sp³-hybridized carbons (Fsp3) is 0.389. The van der Waals surface area contributed by atoms with Gasteiger partial charge in [0, 0.05) is 37.2 Å². The fourth-order valence-electron chi connectivity index (χ4n) is 2.75. The Kier molecular flexibility index (Phi) is 6.71. The van der Waals surface area contributed by atoms with Gasteiger partial charge in [-0.3, -0.25) is 4.79 Å². The first-order chi connectivity index (χ1) is 12.0. The van der Waals surface area contributed by atoms with E-state index in [0.29, 0.717) is 25.5 Å². The first kappa shape index (κ1) is 18.7. The number of benzene rings is 1. The summed E-state index contributed by atoms with van der Waals surface area (Å²) < 4.78 is 0. The number of carbonyl (C=O) groups excluding carboxylic acids is 1. The van der Waals surface area contributed by atoms with Crippen LogP contribution in [0, 0.1) is 0 Å². The second kappa shape index (κ2) is 8.98. The maximum Gasteiger partial charge on any atom is 0.271 e. The number of nitrogens with one attached hydrogen (secondary N) is 1. The summed E-state index contributed by atoms with van der Waals surface area (Å²) in [5.41, 5.74) is 13.5. The molecule has 0 radical (unpaired) electrons. The Hall–Kier alpha value is -2.67. The normalized spacial score (nSPS) is 11.8. The Morgan fingerprint density at radius 2 is 2.08 bits per heavy atom. The third kappa shape index (κ3) is 5.15. The van der Waals surface area contributed by atoms with Gasteiger partial charge in [0.2, 0.25) is 0 Å². The maximum atomic E-state index is 11.6. The van der Waals surface area contributed by atoms with E-state index in [2.05, 4.69) is 34.3 Å². The summed E-state index contributed by atoms with van der Waals surface area (Å²) in [7, 11) is 0. The Labute approximate surface area is 148 Å². The fourth-order valence-corrected chi connectivity index (χ4v) is 2.75. The van der Waals surface area contributed by atoms with E-state index >= 15 is 0 Å². The van der Waals surface area contributed by atoms with Gasteiger partial charge in [-0.05, 0) is 44.5 Å². The lowest BCUT2D eigenvalue weighted by Gasteiger charge is -2.27. The zero-order valence-electron chi connectivity index (χ0n) is 14.8. The van der Waals surface area contributed by atoms with Crippen molar-refractivity contribution in [1.29, 1.82) is 0 Å². The second-order valence-electron chi connectivity index (χ2n) is 5.92. The molecule has 0 saturated carbocycles. The first-order valence-electron chi connectivity index (χ1n) is 8.46. The third-order valence-electron chi connectivity index (χ3n) is 3.86. The molecule has 134 valence electrons. The van der Waals surface area contributed by atoms with Crippen molar-refractivity contribution in [3.05, 3.63) is 47.9 Å². The van der Waals surface area contributed by atoms with Gasteiger partial charge in [0.25, 0.3) is 5.91 Å². The van der Waals surface area contributed by atoms with E-state index in [1.807, 2.05) is 24.0 Å². The van der Waals surface area contributed by atoms with Crippen LogP contribution >= 0.6 is 0 Å². The Morgan fingerprint density at radius 1 is 1.32 bits per heavy atom. The van der Waals surface area contributed by atoms with Gasteiger partial charge in [-0.1, -0.05) is 12.1 Å². The molecule has 2 rings (SSSR count). The molecule has 1 unspecified atom stereocenters. The van der Waals surface area contributed by atoms with Crippen LogP contribution in [0.2, 0.25) is 0 Å². The molecule has 0 aliphatic heterocycles. The molecule has 25 heavy (non-hydrogen) atoms. The van der Waals surface area contributed by atoms with Crippen molar-refractivity contribution in [1.82, 2.24) is 9.97 Å². The van der Waals surface area contributed by atoms with E-state index < -0.39 is 5.91 Å². The molecular weight excluding hydrogens is 316 g/mol. The van der Waals surface area contributed by atoms with E-state index in [1.165, 1.54) is 11.8 Å². The highest BCUT2D eigenvalue weighted by Crippen LogP contribution is 2.17. The van der Waals surface area contributed by atoms with Gasteiger partial charge in [0.15, 0.2) is 11.5 Å². The van der Waals surface area contributed by atoms with Gasteiger partial charge < -0.3 is 21.7 Å². The molecule has 0 bridgehead atoms.